The van der Waals surface area contributed by atoms with Gasteiger partial charge in [-0.15, -0.1) is 0 Å². The lowest BCUT2D eigenvalue weighted by atomic mass is 9.70. The van der Waals surface area contributed by atoms with Crippen LogP contribution in [0.15, 0.2) is 0 Å². The van der Waals surface area contributed by atoms with Crippen LogP contribution in [0.5, 0.6) is 0 Å². The Bertz CT molecular complexity index is 1070. The van der Waals surface area contributed by atoms with Gasteiger partial charge < -0.3 is 9.47 Å². The van der Waals surface area contributed by atoms with Crippen molar-refractivity contribution in [1.82, 2.24) is 0 Å². The molecule has 2 aromatic rings. The topological polar surface area (TPSA) is 52.6 Å². The molecule has 182 valence electrons. The predicted molar refractivity (Wildman–Crippen MR) is 135 cm³/mol. The van der Waals surface area contributed by atoms with Crippen molar-refractivity contribution in [2.75, 3.05) is 14.2 Å². The summed E-state index contributed by atoms with van der Waals surface area (Å²) in [7, 11) is 2.77. The Morgan fingerprint density at radius 3 is 1.18 bits per heavy atom. The Morgan fingerprint density at radius 2 is 0.882 bits per heavy atom. The summed E-state index contributed by atoms with van der Waals surface area (Å²) in [6, 6.07) is 0. The van der Waals surface area contributed by atoms with E-state index in [0.29, 0.717) is 24.0 Å². The fraction of sp³-hybridized carbons (Fsp3) is 0.533. The summed E-state index contributed by atoms with van der Waals surface area (Å²) < 4.78 is 10.4. The number of carbonyl (C=O) groups is 2. The first-order valence-electron chi connectivity index (χ1n) is 13.0. The van der Waals surface area contributed by atoms with Crippen molar-refractivity contribution in [1.29, 1.82) is 0 Å². The van der Waals surface area contributed by atoms with Gasteiger partial charge in [0, 0.05) is 0 Å². The molecule has 0 unspecified atom stereocenters. The van der Waals surface area contributed by atoms with Crippen LogP contribution >= 0.6 is 0 Å². The molecule has 34 heavy (non-hydrogen) atoms. The third-order valence-electron chi connectivity index (χ3n) is 8.14. The smallest absolute Gasteiger partial charge is 0.339 e. The van der Waals surface area contributed by atoms with Gasteiger partial charge >= 0.3 is 11.9 Å². The first-order chi connectivity index (χ1) is 16.5. The number of hydrogen-bond donors (Lipinski definition) is 0. The zero-order chi connectivity index (χ0) is 24.6. The molecule has 0 bridgehead atoms. The van der Waals surface area contributed by atoms with Crippen LogP contribution in [0.2, 0.25) is 0 Å². The average molecular weight is 463 g/mol. The van der Waals surface area contributed by atoms with E-state index >= 15 is 0 Å². The molecule has 0 amide bonds. The van der Waals surface area contributed by atoms with Crippen LogP contribution in [0.1, 0.15) is 117 Å². The SMILES string of the molecule is CCc1c2c(c(CC)c3c1Cc1c(c(CC)c(C(=O)OC)c(C(=O)OC)c1CC)C3)CCCC2. The van der Waals surface area contributed by atoms with E-state index in [1.54, 1.807) is 11.1 Å². The average Bonchev–Trinajstić information content (AvgIpc) is 2.88. The molecule has 0 N–H and O–H groups in total. The maximum Gasteiger partial charge on any atom is 0.339 e. The molecular formula is C30H38O4. The molecule has 0 radical (unpaired) electrons. The van der Waals surface area contributed by atoms with Crippen molar-refractivity contribution < 1.29 is 19.1 Å². The van der Waals surface area contributed by atoms with E-state index in [0.717, 1.165) is 36.8 Å². The van der Waals surface area contributed by atoms with E-state index in [-0.39, 0.29) is 0 Å². The molecule has 0 saturated heterocycles. The zero-order valence-corrected chi connectivity index (χ0v) is 21.7. The molecule has 0 spiro atoms. The molecule has 2 aliphatic carbocycles. The number of methoxy groups -OCH3 is 2. The molecule has 0 saturated carbocycles. The van der Waals surface area contributed by atoms with Crippen LogP contribution < -0.4 is 0 Å². The minimum atomic E-state index is -0.448. The van der Waals surface area contributed by atoms with Gasteiger partial charge in [-0.1, -0.05) is 27.7 Å². The van der Waals surface area contributed by atoms with Crippen LogP contribution in [0.4, 0.5) is 0 Å². The zero-order valence-electron chi connectivity index (χ0n) is 21.7. The van der Waals surface area contributed by atoms with Crippen molar-refractivity contribution in [2.45, 2.75) is 91.9 Å². The lowest BCUT2D eigenvalue weighted by molar-refractivity contribution is 0.0553. The summed E-state index contributed by atoms with van der Waals surface area (Å²) in [6.07, 6.45) is 9.98. The standard InChI is InChI=1S/C30H38O4/c1-7-17-21-13-11-12-14-22(21)18(8-2)24-16-26-20(10-4)28(30(32)34-6)27(29(31)33-5)19(9-3)25(26)15-23(17)24/h7-16H2,1-6H3. The lowest BCUT2D eigenvalue weighted by Crippen LogP contribution is -2.26. The Morgan fingerprint density at radius 1 is 0.559 bits per heavy atom. The number of rotatable bonds is 6. The summed E-state index contributed by atoms with van der Waals surface area (Å²) in [5.74, 6) is -0.896. The van der Waals surface area contributed by atoms with E-state index in [1.807, 2.05) is 0 Å². The van der Waals surface area contributed by atoms with Gasteiger partial charge in [-0.3, -0.25) is 0 Å². The van der Waals surface area contributed by atoms with Crippen LogP contribution in [-0.2, 0) is 60.8 Å². The summed E-state index contributed by atoms with van der Waals surface area (Å²) in [6.45, 7) is 8.69. The Balaban J connectivity index is 2.08. The maximum atomic E-state index is 13.0. The molecule has 0 heterocycles. The van der Waals surface area contributed by atoms with Gasteiger partial charge in [0.25, 0.3) is 0 Å². The normalized spacial score (nSPS) is 14.2. The van der Waals surface area contributed by atoms with Crippen molar-refractivity contribution in [2.24, 2.45) is 0 Å². The van der Waals surface area contributed by atoms with E-state index in [1.165, 1.54) is 73.3 Å². The number of hydrogen-bond acceptors (Lipinski definition) is 4. The van der Waals surface area contributed by atoms with Gasteiger partial charge in [-0.25, -0.2) is 9.59 Å². The number of benzene rings is 2. The Kier molecular flexibility index (Phi) is 7.16. The quantitative estimate of drug-likeness (QED) is 0.429. The lowest BCUT2D eigenvalue weighted by Gasteiger charge is -2.34. The first kappa shape index (κ1) is 24.5. The molecule has 0 fully saturated rings. The highest BCUT2D eigenvalue weighted by molar-refractivity contribution is 6.06. The van der Waals surface area contributed by atoms with Crippen LogP contribution in [0.25, 0.3) is 0 Å². The second-order valence-electron chi connectivity index (χ2n) is 9.49. The monoisotopic (exact) mass is 462 g/mol. The molecule has 0 atom stereocenters. The number of ether oxygens (including phenoxy) is 2. The summed E-state index contributed by atoms with van der Waals surface area (Å²) in [4.78, 5) is 26.0. The van der Waals surface area contributed by atoms with Crippen molar-refractivity contribution in [3.63, 3.8) is 0 Å². The minimum absolute atomic E-state index is 0.405. The highest BCUT2D eigenvalue weighted by atomic mass is 16.5. The summed E-state index contributed by atoms with van der Waals surface area (Å²) >= 11 is 0. The number of carbonyl (C=O) groups excluding carboxylic acids is 2. The molecule has 2 aromatic carbocycles. The predicted octanol–water partition coefficient (Wildman–Crippen LogP) is 5.88. The third kappa shape index (κ3) is 3.66. The molecular weight excluding hydrogens is 424 g/mol. The van der Waals surface area contributed by atoms with Crippen molar-refractivity contribution in [3.05, 3.63) is 66.8 Å². The fourth-order valence-corrected chi connectivity index (χ4v) is 6.76. The van der Waals surface area contributed by atoms with Gasteiger partial charge in [0.2, 0.25) is 0 Å². The largest absolute Gasteiger partial charge is 0.465 e. The number of esters is 2. The highest BCUT2D eigenvalue weighted by Crippen LogP contribution is 2.43. The van der Waals surface area contributed by atoms with Gasteiger partial charge in [0.1, 0.15) is 0 Å². The number of fused-ring (bicyclic) bond motifs is 3. The van der Waals surface area contributed by atoms with E-state index in [2.05, 4.69) is 27.7 Å². The molecule has 4 rings (SSSR count). The molecule has 0 aromatic heterocycles. The molecule has 2 aliphatic rings. The maximum absolute atomic E-state index is 13.0. The van der Waals surface area contributed by atoms with Gasteiger partial charge in [-0.05, 0) is 120 Å². The Labute approximate surface area is 204 Å². The second-order valence-corrected chi connectivity index (χ2v) is 9.49. The third-order valence-corrected chi connectivity index (χ3v) is 8.14. The molecule has 4 nitrogen and oxygen atoms in total. The molecule has 0 aliphatic heterocycles. The van der Waals surface area contributed by atoms with Gasteiger partial charge in [0.05, 0.1) is 25.3 Å². The first-order valence-corrected chi connectivity index (χ1v) is 13.0. The summed E-state index contributed by atoms with van der Waals surface area (Å²) in [5.41, 5.74) is 14.4. The van der Waals surface area contributed by atoms with E-state index in [4.69, 9.17) is 9.47 Å². The van der Waals surface area contributed by atoms with Crippen molar-refractivity contribution >= 4 is 11.9 Å². The van der Waals surface area contributed by atoms with Crippen LogP contribution in [-0.4, -0.2) is 26.2 Å². The highest BCUT2D eigenvalue weighted by Gasteiger charge is 2.35. The van der Waals surface area contributed by atoms with Gasteiger partial charge in [0.15, 0.2) is 0 Å². The van der Waals surface area contributed by atoms with Crippen molar-refractivity contribution in [3.8, 4) is 0 Å². The minimum Gasteiger partial charge on any atom is -0.465 e. The van der Waals surface area contributed by atoms with Gasteiger partial charge in [-0.2, -0.15) is 0 Å². The second kappa shape index (κ2) is 9.93. The van der Waals surface area contributed by atoms with E-state index < -0.39 is 11.9 Å². The van der Waals surface area contributed by atoms with Crippen LogP contribution in [0, 0.1) is 0 Å². The fourth-order valence-electron chi connectivity index (χ4n) is 6.76. The van der Waals surface area contributed by atoms with E-state index in [9.17, 15) is 9.59 Å². The molecule has 4 heteroatoms. The van der Waals surface area contributed by atoms with Crippen LogP contribution in [0.3, 0.4) is 0 Å². The Hall–Kier alpha value is -2.62. The summed E-state index contributed by atoms with van der Waals surface area (Å²) in [5, 5.41) is 0.